The number of aliphatic hydroxyl groups excluding tert-OH is 1. The van der Waals surface area contributed by atoms with Gasteiger partial charge in [0.05, 0.1) is 55.6 Å². The average Bonchev–Trinajstić information content (AvgIpc) is 1.58. The molecular formula is C113H109N3O32. The molecule has 4 saturated heterocycles. The Hall–Kier alpha value is -16.4. The van der Waals surface area contributed by atoms with Gasteiger partial charge in [-0.15, -0.1) is 0 Å². The molecule has 5 heterocycles. The molecule has 0 aliphatic carbocycles. The number of hydrogen-bond acceptors (Lipinski definition) is 33. The van der Waals surface area contributed by atoms with Gasteiger partial charge >= 0.3 is 71.4 Å². The van der Waals surface area contributed by atoms with E-state index in [-0.39, 0.29) is 33.6 Å². The minimum atomic E-state index is -1.91. The van der Waals surface area contributed by atoms with Gasteiger partial charge in [0.25, 0.3) is 5.91 Å². The van der Waals surface area contributed by atoms with Crippen molar-refractivity contribution in [2.45, 2.75) is 183 Å². The maximum absolute atomic E-state index is 13.7. The number of aromatic nitrogens is 2. The molecule has 3 unspecified atom stereocenters. The fourth-order valence-electron chi connectivity index (χ4n) is 16.5. The van der Waals surface area contributed by atoms with E-state index in [1.807, 2.05) is 0 Å². The smallest absolute Gasteiger partial charge is 0.351 e. The van der Waals surface area contributed by atoms with Crippen molar-refractivity contribution in [2.75, 3.05) is 19.5 Å². The number of benzene rings is 11. The van der Waals surface area contributed by atoms with Gasteiger partial charge in [-0.1, -0.05) is 200 Å². The number of anilines is 1. The van der Waals surface area contributed by atoms with Crippen molar-refractivity contribution < 1.29 is 148 Å². The predicted octanol–water partition coefficient (Wildman–Crippen LogP) is 15.0. The largest absolute Gasteiger partial charge is 0.456 e. The van der Waals surface area contributed by atoms with E-state index in [0.717, 1.165) is 4.57 Å². The number of ether oxygens (including phenoxy) is 17. The normalized spacial score (nSPS) is 23.6. The second kappa shape index (κ2) is 49.9. The third-order valence-corrected chi connectivity index (χ3v) is 24.4. The van der Waals surface area contributed by atoms with Gasteiger partial charge in [-0.05, 0) is 195 Å². The molecule has 4 aliphatic heterocycles. The Bertz CT molecular complexity index is 6590. The van der Waals surface area contributed by atoms with Gasteiger partial charge in [0, 0.05) is 32.9 Å². The van der Waals surface area contributed by atoms with Crippen molar-refractivity contribution in [3.05, 3.63) is 418 Å². The van der Waals surface area contributed by atoms with Crippen LogP contribution < -0.4 is 11.0 Å². The van der Waals surface area contributed by atoms with Crippen LogP contribution in [0, 0.1) is 0 Å². The molecule has 16 rings (SSSR count). The molecule has 11 aromatic carbocycles. The number of rotatable bonds is 30. The molecule has 12 aromatic rings. The lowest BCUT2D eigenvalue weighted by molar-refractivity contribution is -0.208. The number of carbonyl (C=O) groups excluding carboxylic acids is 12. The van der Waals surface area contributed by atoms with E-state index in [1.165, 1.54) is 54.2 Å². The van der Waals surface area contributed by atoms with Gasteiger partial charge < -0.3 is 96.1 Å². The molecule has 0 saturated carbocycles. The topological polar surface area (TPSA) is 449 Å². The van der Waals surface area contributed by atoms with Crippen LogP contribution in [0.25, 0.3) is 0 Å². The van der Waals surface area contributed by atoms with Crippen LogP contribution in [0.2, 0.25) is 0 Å². The summed E-state index contributed by atoms with van der Waals surface area (Å²) in [7, 11) is 2.76. The molecule has 3 N–H and O–H groups in total. The molecule has 1 aromatic heterocycles. The highest BCUT2D eigenvalue weighted by Gasteiger charge is 2.66. The van der Waals surface area contributed by atoms with Gasteiger partial charge in [-0.2, -0.15) is 4.98 Å². The van der Waals surface area contributed by atoms with Crippen molar-refractivity contribution >= 4 is 77.4 Å². The van der Waals surface area contributed by atoms with Crippen LogP contribution in [0.15, 0.2) is 351 Å². The minimum absolute atomic E-state index is 0.0418. The number of amides is 1. The zero-order chi connectivity index (χ0) is 106. The van der Waals surface area contributed by atoms with Crippen LogP contribution in [0.3, 0.4) is 0 Å². The summed E-state index contributed by atoms with van der Waals surface area (Å²) in [6, 6.07) is 92.8. The van der Waals surface area contributed by atoms with Crippen molar-refractivity contribution in [3.63, 3.8) is 0 Å². The lowest BCUT2D eigenvalue weighted by atomic mass is 9.93. The zero-order valence-corrected chi connectivity index (χ0v) is 82.2. The number of nitrogens with one attached hydrogen (secondary N) is 1. The number of aliphatic hydroxyl groups is 2. The van der Waals surface area contributed by atoms with E-state index in [4.69, 9.17) is 80.5 Å². The number of hydrogen-bond donors (Lipinski definition) is 3. The molecule has 768 valence electrons. The Morgan fingerprint density at radius 3 is 0.845 bits per heavy atom. The summed E-state index contributed by atoms with van der Waals surface area (Å²) in [6.07, 6.45) is -16.9. The second-order valence-electron chi connectivity index (χ2n) is 35.1. The van der Waals surface area contributed by atoms with Crippen LogP contribution in [-0.4, -0.2) is 220 Å². The molecule has 4 fully saturated rings. The first-order valence-corrected chi connectivity index (χ1v) is 46.9. The highest BCUT2D eigenvalue weighted by atomic mass is 16.8. The Kier molecular flexibility index (Phi) is 36.7. The predicted molar refractivity (Wildman–Crippen MR) is 528 cm³/mol. The summed E-state index contributed by atoms with van der Waals surface area (Å²) in [6.45, 7) is 13.4. The van der Waals surface area contributed by atoms with Crippen LogP contribution >= 0.6 is 0 Å². The number of carbonyl (C=O) groups is 12. The van der Waals surface area contributed by atoms with Gasteiger partial charge in [0.1, 0.15) is 66.4 Å². The Morgan fingerprint density at radius 1 is 0.318 bits per heavy atom. The third-order valence-electron chi connectivity index (χ3n) is 24.4. The Labute approximate surface area is 851 Å². The van der Waals surface area contributed by atoms with E-state index >= 15 is 0 Å². The quantitative estimate of drug-likeness (QED) is 0.0278. The molecule has 4 aliphatic rings. The maximum Gasteiger partial charge on any atom is 0.351 e. The van der Waals surface area contributed by atoms with Crippen LogP contribution in [0.5, 0.6) is 0 Å². The third kappa shape index (κ3) is 26.7. The Balaban J connectivity index is 0.000000171. The number of methoxy groups -OCH3 is 2. The molecule has 35 heteroatoms. The van der Waals surface area contributed by atoms with E-state index in [2.05, 4.69) is 10.3 Å². The van der Waals surface area contributed by atoms with Gasteiger partial charge in [0.15, 0.2) is 42.0 Å². The van der Waals surface area contributed by atoms with Crippen LogP contribution in [0.1, 0.15) is 182 Å². The van der Waals surface area contributed by atoms with Crippen LogP contribution in [0.4, 0.5) is 5.82 Å². The average molecular weight is 2020 g/mol. The molecule has 1 amide bonds. The molecule has 20 atom stereocenters. The van der Waals surface area contributed by atoms with Gasteiger partial charge in [-0.3, -0.25) is 14.2 Å². The SMILES string of the molecule is CC(=O)OC1O[C@H]([C@@H](C)OC(=O)c2ccccc2)[C@@H](OC(=O)c2ccccc2)[C@@]1(C)OC(=O)c1ccccc1.COC1O[C@H]([C@@H](C)OC(=O)c2ccccc2)[C@@H](O)[C@@]1(C)O.COC1O[C@H]([C@@H](C)OC(=O)c2ccccc2)[C@@H](OC(=O)c2ccccc2)[C@@]1(C)OC(=O)c1ccccc1.C[C@@H](OC(=O)c1ccccc1)[C@H]1O[C@@H](n2ccc(NC(=O)c3ccccc3)nc2=O)[C@](C)(OC(=O)c2ccccc2)[C@@H]1OC(=O)c1ccccc1. The molecule has 0 bridgehead atoms. The van der Waals surface area contributed by atoms with E-state index < -0.39 is 198 Å². The summed E-state index contributed by atoms with van der Waals surface area (Å²) in [5.74, 6) is -8.02. The molecule has 0 spiro atoms. The zero-order valence-electron chi connectivity index (χ0n) is 82.2. The lowest BCUT2D eigenvalue weighted by Gasteiger charge is -2.35. The van der Waals surface area contributed by atoms with Crippen molar-refractivity contribution in [1.82, 2.24) is 9.55 Å². The fourth-order valence-corrected chi connectivity index (χ4v) is 16.5. The first-order valence-electron chi connectivity index (χ1n) is 46.9. The number of nitrogens with zero attached hydrogens (tertiary/aromatic N) is 2. The van der Waals surface area contributed by atoms with Gasteiger partial charge in [0.2, 0.25) is 18.2 Å². The first-order chi connectivity index (χ1) is 71.0. The summed E-state index contributed by atoms with van der Waals surface area (Å²) < 4.78 is 99.0. The summed E-state index contributed by atoms with van der Waals surface area (Å²) in [4.78, 5) is 173. The summed E-state index contributed by atoms with van der Waals surface area (Å²) in [5.41, 5.74) is -4.59. The maximum atomic E-state index is 13.7. The number of esters is 11. The van der Waals surface area contributed by atoms with E-state index in [9.17, 15) is 72.5 Å². The lowest BCUT2D eigenvalue weighted by Crippen LogP contribution is -2.53. The highest BCUT2D eigenvalue weighted by molar-refractivity contribution is 6.04. The van der Waals surface area contributed by atoms with Crippen LogP contribution in [-0.2, 0) is 85.3 Å². The second-order valence-corrected chi connectivity index (χ2v) is 35.1. The van der Waals surface area contributed by atoms with E-state index in [0.29, 0.717) is 33.4 Å². The minimum Gasteiger partial charge on any atom is -0.456 e. The monoisotopic (exact) mass is 2020 g/mol. The Morgan fingerprint density at radius 2 is 0.561 bits per heavy atom. The van der Waals surface area contributed by atoms with Crippen molar-refractivity contribution in [2.24, 2.45) is 0 Å². The molecular weight excluding hydrogens is 1910 g/mol. The standard InChI is InChI=1S/C39H33N3O9.C30H28O9.C29H28O8.C15H20O6/c1-25(48-34(44)27-17-9-4-10-18-27)31-32(50-35(45)28-19-11-5-12-20-28)39(2,51-36(46)29-21-13-6-14-22-29)37(49-31)42-24-23-30(41-38(42)47)40-33(43)26-15-7-3-8-16-26;1-19(35-26(32)21-13-7-4-8-14-21)24-25(38-27(33)22-15-9-5-10-16-22)30(3,29(37-24)36-20(2)31)39-28(34)23-17-11-6-12-18-23;1-19(34-25(30)20-13-7-4-8-14-20)23-24(36-26(31)21-15-9-5-10-16-21)29(2,28(33-3)35-23)37-27(32)22-17-11-6-12-18-22;1-9(20-13(17)10-7-5-4-6-8-10)11-12(16)15(2,18)14(19-3)21-11/h3-25,31-32,37H,1-2H3,(H,40,41,43,47);4-19,24-25,29H,1-3H3;4-19,23-24,28H,1-3H3;4-9,11-12,14,16,18H,1-3H3/t25-,31-,32-,37-,39-;19-,24-,25-,29?,30-;19-,23-,24-,28?,29-;9-,11-,12-,14?,15-/m1111/s1. The van der Waals surface area contributed by atoms with Crippen molar-refractivity contribution in [1.29, 1.82) is 0 Å². The molecule has 35 nitrogen and oxygen atoms in total. The van der Waals surface area contributed by atoms with E-state index in [1.54, 1.807) is 368 Å². The summed E-state index contributed by atoms with van der Waals surface area (Å²) in [5, 5.41) is 22.9. The highest BCUT2D eigenvalue weighted by Crippen LogP contribution is 2.47. The first kappa shape index (κ1) is 109. The molecule has 0 radical (unpaired) electrons. The van der Waals surface area contributed by atoms with Gasteiger partial charge in [-0.25, -0.2) is 52.7 Å². The summed E-state index contributed by atoms with van der Waals surface area (Å²) >= 11 is 0. The molecule has 148 heavy (non-hydrogen) atoms. The van der Waals surface area contributed by atoms with Crippen molar-refractivity contribution in [3.8, 4) is 0 Å². The fraction of sp³-hybridized carbons (Fsp3) is 0.274.